The van der Waals surface area contributed by atoms with Gasteiger partial charge in [-0.15, -0.1) is 0 Å². The third-order valence-corrected chi connectivity index (χ3v) is 9.63. The summed E-state index contributed by atoms with van der Waals surface area (Å²) in [5.74, 6) is 0.565. The molecule has 0 N–H and O–H groups in total. The Morgan fingerprint density at radius 2 is 1.26 bits per heavy atom. The van der Waals surface area contributed by atoms with Gasteiger partial charge in [0.05, 0.1) is 22.4 Å². The van der Waals surface area contributed by atoms with E-state index in [0.717, 1.165) is 76.9 Å². The van der Waals surface area contributed by atoms with Crippen LogP contribution in [-0.2, 0) is 0 Å². The second-order valence-corrected chi connectivity index (χ2v) is 12.5. The zero-order chi connectivity index (χ0) is 33.2. The summed E-state index contributed by atoms with van der Waals surface area (Å²) in [7, 11) is 0. The molecule has 0 aliphatic heterocycles. The number of nitriles is 1. The van der Waals surface area contributed by atoms with Crippen LogP contribution in [0.25, 0.3) is 94.1 Å². The average Bonchev–Trinajstić information content (AvgIpc) is 3.71. The largest absolute Gasteiger partial charge is 0.456 e. The molecule has 0 amide bonds. The summed E-state index contributed by atoms with van der Waals surface area (Å²) in [5, 5.41) is 17.3. The van der Waals surface area contributed by atoms with Crippen molar-refractivity contribution in [1.29, 1.82) is 5.26 Å². The lowest BCUT2D eigenvalue weighted by atomic mass is 9.95. The Hall–Kier alpha value is -7.03. The van der Waals surface area contributed by atoms with Gasteiger partial charge in [-0.25, -0.2) is 9.97 Å². The molecule has 3 aromatic heterocycles. The van der Waals surface area contributed by atoms with Crippen LogP contribution in [0.5, 0.6) is 0 Å². The SMILES string of the molecule is N#Cc1c(-c2ccc3ccccc3c2)nc(-c2ccccc2)nc1-c1cccc2c1c1cc3c(cc1n2-c1ccccc1)oc1ccccc13. The number of furan rings is 1. The van der Waals surface area contributed by atoms with Crippen LogP contribution in [0.15, 0.2) is 162 Å². The van der Waals surface area contributed by atoms with Crippen LogP contribution in [0.2, 0.25) is 0 Å². The van der Waals surface area contributed by atoms with Crippen LogP contribution in [0, 0.1) is 11.3 Å². The maximum absolute atomic E-state index is 10.9. The van der Waals surface area contributed by atoms with Gasteiger partial charge in [-0.05, 0) is 47.2 Å². The van der Waals surface area contributed by atoms with Gasteiger partial charge >= 0.3 is 0 Å². The molecule has 5 nitrogen and oxygen atoms in total. The topological polar surface area (TPSA) is 67.6 Å². The summed E-state index contributed by atoms with van der Waals surface area (Å²) in [4.78, 5) is 10.3. The molecule has 0 atom stereocenters. The highest BCUT2D eigenvalue weighted by molar-refractivity contribution is 6.21. The normalized spacial score (nSPS) is 11.6. The van der Waals surface area contributed by atoms with E-state index in [1.54, 1.807) is 0 Å². The Bertz CT molecular complexity index is 2990. The van der Waals surface area contributed by atoms with Gasteiger partial charge in [-0.3, -0.25) is 0 Å². The van der Waals surface area contributed by atoms with E-state index in [9.17, 15) is 5.26 Å². The second-order valence-electron chi connectivity index (χ2n) is 12.5. The van der Waals surface area contributed by atoms with Gasteiger partial charge in [0.25, 0.3) is 0 Å². The number of benzene rings is 7. The maximum atomic E-state index is 10.9. The summed E-state index contributed by atoms with van der Waals surface area (Å²) in [6.45, 7) is 0. The Balaban J connectivity index is 1.34. The fourth-order valence-corrected chi connectivity index (χ4v) is 7.36. The molecule has 0 aliphatic rings. The predicted octanol–water partition coefficient (Wildman–Crippen LogP) is 11.5. The van der Waals surface area contributed by atoms with E-state index in [4.69, 9.17) is 14.4 Å². The zero-order valence-electron chi connectivity index (χ0n) is 26.7. The molecule has 7 aromatic carbocycles. The third-order valence-electron chi connectivity index (χ3n) is 9.63. The number of rotatable bonds is 4. The number of para-hydroxylation sites is 2. The van der Waals surface area contributed by atoms with Gasteiger partial charge in [-0.2, -0.15) is 5.26 Å². The first kappa shape index (κ1) is 28.0. The van der Waals surface area contributed by atoms with Crippen molar-refractivity contribution < 1.29 is 4.42 Å². The molecule has 0 spiro atoms. The summed E-state index contributed by atoms with van der Waals surface area (Å²) in [5.41, 5.74) is 8.98. The van der Waals surface area contributed by atoms with Gasteiger partial charge in [0.2, 0.25) is 0 Å². The molecule has 0 bridgehead atoms. The van der Waals surface area contributed by atoms with Crippen LogP contribution in [0.4, 0.5) is 0 Å². The lowest BCUT2D eigenvalue weighted by Gasteiger charge is -2.14. The van der Waals surface area contributed by atoms with Crippen molar-refractivity contribution in [2.75, 3.05) is 0 Å². The molecule has 0 saturated heterocycles. The van der Waals surface area contributed by atoms with Gasteiger partial charge in [0.1, 0.15) is 22.8 Å². The molecule has 5 heteroatoms. The third kappa shape index (κ3) is 4.26. The fraction of sp³-hybridized carbons (Fsp3) is 0. The van der Waals surface area contributed by atoms with E-state index < -0.39 is 0 Å². The van der Waals surface area contributed by atoms with Crippen LogP contribution in [0.3, 0.4) is 0 Å². The highest BCUT2D eigenvalue weighted by atomic mass is 16.3. The Morgan fingerprint density at radius 1 is 0.520 bits per heavy atom. The van der Waals surface area contributed by atoms with E-state index in [1.165, 1.54) is 0 Å². The van der Waals surface area contributed by atoms with Crippen molar-refractivity contribution in [3.8, 4) is 45.7 Å². The average molecular weight is 639 g/mol. The minimum absolute atomic E-state index is 0.433. The van der Waals surface area contributed by atoms with Gasteiger partial charge in [-0.1, -0.05) is 115 Å². The van der Waals surface area contributed by atoms with Gasteiger partial charge in [0.15, 0.2) is 5.82 Å². The van der Waals surface area contributed by atoms with Crippen molar-refractivity contribution >= 4 is 54.5 Å². The van der Waals surface area contributed by atoms with E-state index in [1.807, 2.05) is 72.8 Å². The molecule has 0 unspecified atom stereocenters. The summed E-state index contributed by atoms with van der Waals surface area (Å²) < 4.78 is 8.66. The van der Waals surface area contributed by atoms with Gasteiger partial charge in [0, 0.05) is 50.0 Å². The van der Waals surface area contributed by atoms with Crippen molar-refractivity contribution in [2.24, 2.45) is 0 Å². The molecule has 0 aliphatic carbocycles. The molecule has 232 valence electrons. The summed E-state index contributed by atoms with van der Waals surface area (Å²) >= 11 is 0. The van der Waals surface area contributed by atoms with E-state index in [0.29, 0.717) is 22.8 Å². The standard InChI is InChI=1S/C45H26N4O/c46-27-37-43(31-23-22-28-12-7-8-15-30(28)24-31)47-45(29-13-3-1-4-14-29)48-44(37)34-19-11-20-38-42(34)36-25-35-33-18-9-10-21-40(33)50-41(35)26-39(36)49(38)32-16-5-2-6-17-32/h1-26H. The number of hydrogen-bond acceptors (Lipinski definition) is 4. The molecule has 0 saturated carbocycles. The molecule has 10 aromatic rings. The van der Waals surface area contributed by atoms with Gasteiger partial charge < -0.3 is 8.98 Å². The van der Waals surface area contributed by atoms with E-state index in [2.05, 4.69) is 95.6 Å². The van der Waals surface area contributed by atoms with Crippen molar-refractivity contribution in [1.82, 2.24) is 14.5 Å². The maximum Gasteiger partial charge on any atom is 0.160 e. The first-order valence-corrected chi connectivity index (χ1v) is 16.6. The summed E-state index contributed by atoms with van der Waals surface area (Å²) in [6, 6.07) is 56.2. The van der Waals surface area contributed by atoms with Crippen molar-refractivity contribution in [2.45, 2.75) is 0 Å². The molecule has 0 fully saturated rings. The van der Waals surface area contributed by atoms with Crippen molar-refractivity contribution in [3.05, 3.63) is 163 Å². The second kappa shape index (κ2) is 11.0. The first-order valence-electron chi connectivity index (χ1n) is 16.6. The summed E-state index contributed by atoms with van der Waals surface area (Å²) in [6.07, 6.45) is 0. The minimum atomic E-state index is 0.433. The number of fused-ring (bicyclic) bond motifs is 7. The Labute approximate surface area is 286 Å². The molecule has 3 heterocycles. The molecule has 50 heavy (non-hydrogen) atoms. The lowest BCUT2D eigenvalue weighted by Crippen LogP contribution is -2.01. The Kier molecular flexibility index (Phi) is 6.17. The molecule has 10 rings (SSSR count). The Morgan fingerprint density at radius 3 is 2.10 bits per heavy atom. The highest BCUT2D eigenvalue weighted by Crippen LogP contribution is 2.43. The highest BCUT2D eigenvalue weighted by Gasteiger charge is 2.24. The molecular formula is C45H26N4O. The predicted molar refractivity (Wildman–Crippen MR) is 202 cm³/mol. The van der Waals surface area contributed by atoms with Crippen molar-refractivity contribution in [3.63, 3.8) is 0 Å². The van der Waals surface area contributed by atoms with Crippen LogP contribution >= 0.6 is 0 Å². The minimum Gasteiger partial charge on any atom is -0.456 e. The lowest BCUT2D eigenvalue weighted by molar-refractivity contribution is 0.669. The van der Waals surface area contributed by atoms with Crippen LogP contribution < -0.4 is 0 Å². The monoisotopic (exact) mass is 638 g/mol. The number of aromatic nitrogens is 3. The van der Waals surface area contributed by atoms with Crippen LogP contribution in [-0.4, -0.2) is 14.5 Å². The fourth-order valence-electron chi connectivity index (χ4n) is 7.36. The molecular weight excluding hydrogens is 613 g/mol. The molecule has 0 radical (unpaired) electrons. The van der Waals surface area contributed by atoms with Crippen LogP contribution in [0.1, 0.15) is 5.56 Å². The zero-order valence-corrected chi connectivity index (χ0v) is 26.7. The first-order chi connectivity index (χ1) is 24.7. The number of hydrogen-bond donors (Lipinski definition) is 0. The quantitative estimate of drug-likeness (QED) is 0.192. The van der Waals surface area contributed by atoms with E-state index in [-0.39, 0.29) is 0 Å². The number of nitrogens with zero attached hydrogens (tertiary/aromatic N) is 4. The van der Waals surface area contributed by atoms with E-state index >= 15 is 0 Å². The smallest absolute Gasteiger partial charge is 0.160 e.